The molecule has 0 atom stereocenters. The van der Waals surface area contributed by atoms with Crippen molar-refractivity contribution in [2.75, 3.05) is 13.7 Å². The van der Waals surface area contributed by atoms with Crippen molar-refractivity contribution in [3.63, 3.8) is 0 Å². The fraction of sp³-hybridized carbons (Fsp3) is 0.933. The van der Waals surface area contributed by atoms with Gasteiger partial charge in [-0.05, 0) is 65.8 Å². The van der Waals surface area contributed by atoms with Crippen LogP contribution in [0.15, 0.2) is 0 Å². The molecule has 0 spiro atoms. The monoisotopic (exact) mass is 252 g/mol. The molecule has 3 nitrogen and oxygen atoms in total. The SMILES string of the molecule is CNC1CCC(OCCCCC(C)(C)C#N)CC1. The van der Waals surface area contributed by atoms with Gasteiger partial charge in [-0.2, -0.15) is 5.26 Å². The standard InChI is InChI=1S/C15H28N2O/c1-15(2,12-16)10-4-5-11-18-14-8-6-13(17-3)7-9-14/h13-14,17H,4-11H2,1-3H3. The summed E-state index contributed by atoms with van der Waals surface area (Å²) < 4.78 is 5.91. The molecule has 0 aliphatic heterocycles. The second kappa shape index (κ2) is 7.76. The van der Waals surface area contributed by atoms with E-state index >= 15 is 0 Å². The molecule has 1 aliphatic carbocycles. The molecule has 1 aliphatic rings. The average Bonchev–Trinajstić information content (AvgIpc) is 2.39. The summed E-state index contributed by atoms with van der Waals surface area (Å²) in [6.07, 6.45) is 8.47. The van der Waals surface area contributed by atoms with E-state index in [1.807, 2.05) is 20.9 Å². The quantitative estimate of drug-likeness (QED) is 0.707. The lowest BCUT2D eigenvalue weighted by Gasteiger charge is -2.28. The van der Waals surface area contributed by atoms with Crippen molar-refractivity contribution in [3.05, 3.63) is 0 Å². The zero-order valence-electron chi connectivity index (χ0n) is 12.2. The van der Waals surface area contributed by atoms with Gasteiger partial charge < -0.3 is 10.1 Å². The maximum Gasteiger partial charge on any atom is 0.0683 e. The van der Waals surface area contributed by atoms with E-state index in [1.54, 1.807) is 0 Å². The second-order valence-electron chi connectivity index (χ2n) is 6.09. The Balaban J connectivity index is 2.01. The van der Waals surface area contributed by atoms with Crippen molar-refractivity contribution >= 4 is 0 Å². The van der Waals surface area contributed by atoms with Gasteiger partial charge in [0.25, 0.3) is 0 Å². The van der Waals surface area contributed by atoms with E-state index in [1.165, 1.54) is 25.7 Å². The molecule has 0 bridgehead atoms. The summed E-state index contributed by atoms with van der Waals surface area (Å²) in [5.41, 5.74) is -0.176. The highest BCUT2D eigenvalue weighted by Crippen LogP contribution is 2.23. The molecule has 18 heavy (non-hydrogen) atoms. The number of unbranched alkanes of at least 4 members (excludes halogenated alkanes) is 1. The Morgan fingerprint density at radius 2 is 1.89 bits per heavy atom. The molecule has 0 aromatic rings. The topological polar surface area (TPSA) is 45.0 Å². The van der Waals surface area contributed by atoms with Crippen LogP contribution in [0, 0.1) is 16.7 Å². The predicted octanol–water partition coefficient (Wildman–Crippen LogP) is 3.25. The summed E-state index contributed by atoms with van der Waals surface area (Å²) in [6.45, 7) is 4.87. The summed E-state index contributed by atoms with van der Waals surface area (Å²) in [5, 5.41) is 12.3. The van der Waals surface area contributed by atoms with Gasteiger partial charge in [0.2, 0.25) is 0 Å². The first-order chi connectivity index (χ1) is 8.57. The van der Waals surface area contributed by atoms with E-state index in [4.69, 9.17) is 10.00 Å². The number of nitrogens with zero attached hydrogens (tertiary/aromatic N) is 1. The van der Waals surface area contributed by atoms with Gasteiger partial charge in [-0.3, -0.25) is 0 Å². The van der Waals surface area contributed by atoms with Crippen LogP contribution in [0.3, 0.4) is 0 Å². The van der Waals surface area contributed by atoms with Gasteiger partial charge in [0, 0.05) is 12.6 Å². The number of rotatable bonds is 7. The second-order valence-corrected chi connectivity index (χ2v) is 6.09. The van der Waals surface area contributed by atoms with Gasteiger partial charge in [0.15, 0.2) is 0 Å². The molecule has 1 saturated carbocycles. The highest BCUT2D eigenvalue weighted by molar-refractivity contribution is 4.91. The molecule has 1 N–H and O–H groups in total. The molecule has 3 heteroatoms. The Kier molecular flexibility index (Phi) is 6.67. The minimum atomic E-state index is -0.176. The van der Waals surface area contributed by atoms with E-state index in [-0.39, 0.29) is 5.41 Å². The third kappa shape index (κ3) is 5.84. The fourth-order valence-electron chi connectivity index (χ4n) is 2.49. The molecule has 0 aromatic carbocycles. The highest BCUT2D eigenvalue weighted by Gasteiger charge is 2.20. The van der Waals surface area contributed by atoms with Crippen LogP contribution in [0.5, 0.6) is 0 Å². The zero-order chi connectivity index (χ0) is 13.4. The van der Waals surface area contributed by atoms with E-state index < -0.39 is 0 Å². The Morgan fingerprint density at radius 3 is 2.44 bits per heavy atom. The molecule has 0 saturated heterocycles. The molecule has 0 unspecified atom stereocenters. The molecule has 0 aromatic heterocycles. The van der Waals surface area contributed by atoms with Crippen molar-refractivity contribution in [2.45, 2.75) is 70.9 Å². The lowest BCUT2D eigenvalue weighted by Crippen LogP contribution is -2.33. The van der Waals surface area contributed by atoms with Crippen LogP contribution in [0.25, 0.3) is 0 Å². The summed E-state index contributed by atoms with van der Waals surface area (Å²) >= 11 is 0. The van der Waals surface area contributed by atoms with Crippen LogP contribution in [0.1, 0.15) is 58.8 Å². The number of nitrogens with one attached hydrogen (secondary N) is 1. The summed E-state index contributed by atoms with van der Waals surface area (Å²) in [5.74, 6) is 0. The fourth-order valence-corrected chi connectivity index (χ4v) is 2.49. The van der Waals surface area contributed by atoms with Gasteiger partial charge in [-0.1, -0.05) is 0 Å². The molecule has 1 fully saturated rings. The lowest BCUT2D eigenvalue weighted by atomic mass is 9.89. The van der Waals surface area contributed by atoms with E-state index in [9.17, 15) is 0 Å². The lowest BCUT2D eigenvalue weighted by molar-refractivity contribution is 0.0205. The first kappa shape index (κ1) is 15.5. The first-order valence-corrected chi connectivity index (χ1v) is 7.27. The molecular weight excluding hydrogens is 224 g/mol. The minimum absolute atomic E-state index is 0.176. The summed E-state index contributed by atoms with van der Waals surface area (Å²) in [7, 11) is 2.04. The van der Waals surface area contributed by atoms with Crippen molar-refractivity contribution < 1.29 is 4.74 Å². The number of ether oxygens (including phenoxy) is 1. The zero-order valence-corrected chi connectivity index (χ0v) is 12.2. The third-order valence-electron chi connectivity index (χ3n) is 3.93. The van der Waals surface area contributed by atoms with Crippen molar-refractivity contribution in [2.24, 2.45) is 5.41 Å². The number of hydrogen-bond acceptors (Lipinski definition) is 3. The van der Waals surface area contributed by atoms with Gasteiger partial charge in [0.1, 0.15) is 0 Å². The highest BCUT2D eigenvalue weighted by atomic mass is 16.5. The van der Waals surface area contributed by atoms with E-state index in [0.29, 0.717) is 12.1 Å². The smallest absolute Gasteiger partial charge is 0.0683 e. The Bertz CT molecular complexity index is 262. The van der Waals surface area contributed by atoms with Crippen molar-refractivity contribution in [3.8, 4) is 6.07 Å². The average molecular weight is 252 g/mol. The number of nitriles is 1. The largest absolute Gasteiger partial charge is 0.378 e. The van der Waals surface area contributed by atoms with Gasteiger partial charge in [-0.25, -0.2) is 0 Å². The normalized spacial score (nSPS) is 24.8. The van der Waals surface area contributed by atoms with E-state index in [2.05, 4.69) is 11.4 Å². The molecule has 1 rings (SSSR count). The number of hydrogen-bond donors (Lipinski definition) is 1. The molecular formula is C15H28N2O. The maximum atomic E-state index is 8.92. The molecule has 104 valence electrons. The van der Waals surface area contributed by atoms with Gasteiger partial charge in [-0.15, -0.1) is 0 Å². The minimum Gasteiger partial charge on any atom is -0.378 e. The van der Waals surface area contributed by atoms with Crippen LogP contribution >= 0.6 is 0 Å². The van der Waals surface area contributed by atoms with Crippen LogP contribution in [-0.4, -0.2) is 25.8 Å². The molecule has 0 heterocycles. The maximum absolute atomic E-state index is 8.92. The molecule has 0 amide bonds. The predicted molar refractivity (Wildman–Crippen MR) is 74.3 cm³/mol. The van der Waals surface area contributed by atoms with Crippen molar-refractivity contribution in [1.29, 1.82) is 5.26 Å². The van der Waals surface area contributed by atoms with Crippen LogP contribution in [0.4, 0.5) is 0 Å². The van der Waals surface area contributed by atoms with Crippen molar-refractivity contribution in [1.82, 2.24) is 5.32 Å². The molecule has 0 radical (unpaired) electrons. The van der Waals surface area contributed by atoms with Gasteiger partial charge in [0.05, 0.1) is 17.6 Å². The van der Waals surface area contributed by atoms with Gasteiger partial charge >= 0.3 is 0 Å². The Hall–Kier alpha value is -0.590. The van der Waals surface area contributed by atoms with Crippen LogP contribution < -0.4 is 5.32 Å². The van der Waals surface area contributed by atoms with Crippen LogP contribution in [0.2, 0.25) is 0 Å². The Morgan fingerprint density at radius 1 is 1.22 bits per heavy atom. The summed E-state index contributed by atoms with van der Waals surface area (Å²) in [4.78, 5) is 0. The Labute approximate surface area is 112 Å². The summed E-state index contributed by atoms with van der Waals surface area (Å²) in [6, 6.07) is 3.04. The van der Waals surface area contributed by atoms with Crippen LogP contribution in [-0.2, 0) is 4.74 Å². The first-order valence-electron chi connectivity index (χ1n) is 7.27. The van der Waals surface area contributed by atoms with E-state index in [0.717, 1.165) is 25.9 Å². The third-order valence-corrected chi connectivity index (χ3v) is 3.93.